The minimum Gasteiger partial charge on any atom is -0.372 e. The van der Waals surface area contributed by atoms with E-state index in [0.717, 1.165) is 12.2 Å². The molecule has 0 saturated heterocycles. The van der Waals surface area contributed by atoms with Crippen LogP contribution in [0.4, 0.5) is 10.1 Å². The van der Waals surface area contributed by atoms with Gasteiger partial charge in [0.25, 0.3) is 0 Å². The van der Waals surface area contributed by atoms with Gasteiger partial charge in [-0.2, -0.15) is 5.26 Å². The normalized spacial score (nSPS) is 13.8. The first kappa shape index (κ1) is 13.5. The Kier molecular flexibility index (Phi) is 4.47. The monoisotopic (exact) mass is 235 g/mol. The van der Waals surface area contributed by atoms with Crippen molar-refractivity contribution in [3.05, 3.63) is 30.1 Å². The zero-order chi connectivity index (χ0) is 12.9. The van der Waals surface area contributed by atoms with Gasteiger partial charge in [0.2, 0.25) is 0 Å². The van der Waals surface area contributed by atoms with Crippen molar-refractivity contribution in [3.8, 4) is 6.07 Å². The lowest BCUT2D eigenvalue weighted by Gasteiger charge is -2.29. The molecule has 0 bridgehead atoms. The van der Waals surface area contributed by atoms with Crippen LogP contribution < -0.4 is 10.2 Å². The van der Waals surface area contributed by atoms with E-state index in [9.17, 15) is 4.39 Å². The van der Waals surface area contributed by atoms with E-state index < -0.39 is 5.54 Å². The summed E-state index contributed by atoms with van der Waals surface area (Å²) >= 11 is 0. The summed E-state index contributed by atoms with van der Waals surface area (Å²) in [4.78, 5) is 1.87. The first-order chi connectivity index (χ1) is 8.00. The quantitative estimate of drug-likeness (QED) is 0.850. The molecule has 0 aliphatic rings. The number of benzene rings is 1. The predicted molar refractivity (Wildman–Crippen MR) is 67.4 cm³/mol. The fourth-order valence-electron chi connectivity index (χ4n) is 1.80. The number of anilines is 1. The Morgan fingerprint density at radius 1 is 1.53 bits per heavy atom. The van der Waals surface area contributed by atoms with Crippen molar-refractivity contribution < 1.29 is 4.39 Å². The molecule has 0 heterocycles. The number of rotatable bonds is 5. The summed E-state index contributed by atoms with van der Waals surface area (Å²) in [7, 11) is 1.85. The maximum atomic E-state index is 13.1. The van der Waals surface area contributed by atoms with Crippen molar-refractivity contribution >= 4 is 5.69 Å². The van der Waals surface area contributed by atoms with E-state index in [0.29, 0.717) is 6.54 Å². The largest absolute Gasteiger partial charge is 0.372 e. The molecule has 0 aliphatic heterocycles. The van der Waals surface area contributed by atoms with Gasteiger partial charge in [-0.1, -0.05) is 13.0 Å². The van der Waals surface area contributed by atoms with Crippen LogP contribution in [0.5, 0.6) is 0 Å². The van der Waals surface area contributed by atoms with Crippen molar-refractivity contribution in [3.63, 3.8) is 0 Å². The van der Waals surface area contributed by atoms with Crippen LogP contribution in [0.25, 0.3) is 0 Å². The summed E-state index contributed by atoms with van der Waals surface area (Å²) in [5, 5.41) is 12.3. The fraction of sp³-hybridized carbons (Fsp3) is 0.462. The standard InChI is InChI=1S/C13H18FN3/c1-4-16-13(2,9-15)10-17(3)12-7-5-6-11(14)8-12/h5-8,16H,4,10H2,1-3H3. The van der Waals surface area contributed by atoms with Crippen molar-refractivity contribution in [2.45, 2.75) is 19.4 Å². The number of hydrogen-bond acceptors (Lipinski definition) is 3. The summed E-state index contributed by atoms with van der Waals surface area (Å²) in [6.45, 7) is 5.02. The van der Waals surface area contributed by atoms with Crippen LogP contribution in [0.2, 0.25) is 0 Å². The predicted octanol–water partition coefficient (Wildman–Crippen LogP) is 2.15. The second-order valence-corrected chi connectivity index (χ2v) is 4.31. The topological polar surface area (TPSA) is 39.1 Å². The lowest BCUT2D eigenvalue weighted by atomic mass is 10.0. The van der Waals surface area contributed by atoms with Crippen LogP contribution in [0.1, 0.15) is 13.8 Å². The summed E-state index contributed by atoms with van der Waals surface area (Å²) < 4.78 is 13.1. The Balaban J connectivity index is 2.78. The van der Waals surface area contributed by atoms with Gasteiger partial charge >= 0.3 is 0 Å². The molecule has 1 aromatic rings. The molecule has 1 N–H and O–H groups in total. The first-order valence-corrected chi connectivity index (χ1v) is 5.64. The van der Waals surface area contributed by atoms with Crippen LogP contribution in [0, 0.1) is 17.1 Å². The molecular weight excluding hydrogens is 217 g/mol. The number of nitriles is 1. The molecular formula is C13H18FN3. The third-order valence-electron chi connectivity index (χ3n) is 2.62. The molecule has 92 valence electrons. The Labute approximate surface area is 102 Å². The summed E-state index contributed by atoms with van der Waals surface area (Å²) in [5.41, 5.74) is 0.139. The van der Waals surface area contributed by atoms with Crippen LogP contribution >= 0.6 is 0 Å². The molecule has 1 rings (SSSR count). The third-order valence-corrected chi connectivity index (χ3v) is 2.62. The van der Waals surface area contributed by atoms with E-state index in [4.69, 9.17) is 5.26 Å². The van der Waals surface area contributed by atoms with Gasteiger partial charge in [-0.3, -0.25) is 5.32 Å². The number of hydrogen-bond donors (Lipinski definition) is 1. The molecule has 3 nitrogen and oxygen atoms in total. The average Bonchev–Trinajstić information content (AvgIpc) is 2.29. The van der Waals surface area contributed by atoms with Gasteiger partial charge in [0.15, 0.2) is 0 Å². The van der Waals surface area contributed by atoms with Crippen LogP contribution in [0.15, 0.2) is 24.3 Å². The van der Waals surface area contributed by atoms with E-state index in [1.54, 1.807) is 6.07 Å². The number of halogens is 1. The molecule has 0 spiro atoms. The highest BCUT2D eigenvalue weighted by Crippen LogP contribution is 2.16. The maximum absolute atomic E-state index is 13.1. The molecule has 1 unspecified atom stereocenters. The van der Waals surface area contributed by atoms with Gasteiger partial charge in [-0.25, -0.2) is 4.39 Å². The average molecular weight is 235 g/mol. The number of nitrogens with one attached hydrogen (secondary N) is 1. The van der Waals surface area contributed by atoms with Crippen molar-refractivity contribution in [1.29, 1.82) is 5.26 Å². The van der Waals surface area contributed by atoms with Crippen LogP contribution in [-0.2, 0) is 0 Å². The highest BCUT2D eigenvalue weighted by molar-refractivity contribution is 5.46. The Hall–Kier alpha value is -1.60. The van der Waals surface area contributed by atoms with Gasteiger partial charge in [-0.05, 0) is 31.7 Å². The van der Waals surface area contributed by atoms with Gasteiger partial charge in [0.05, 0.1) is 6.07 Å². The van der Waals surface area contributed by atoms with E-state index in [-0.39, 0.29) is 5.82 Å². The highest BCUT2D eigenvalue weighted by Gasteiger charge is 2.24. The molecule has 17 heavy (non-hydrogen) atoms. The van der Waals surface area contributed by atoms with Gasteiger partial charge in [-0.15, -0.1) is 0 Å². The van der Waals surface area contributed by atoms with Crippen LogP contribution in [-0.4, -0.2) is 25.7 Å². The zero-order valence-corrected chi connectivity index (χ0v) is 10.5. The minimum atomic E-state index is -0.629. The molecule has 0 saturated carbocycles. The number of nitrogens with zero attached hydrogens (tertiary/aromatic N) is 2. The molecule has 1 atom stereocenters. The van der Waals surface area contributed by atoms with E-state index >= 15 is 0 Å². The van der Waals surface area contributed by atoms with E-state index in [2.05, 4.69) is 11.4 Å². The molecule has 0 radical (unpaired) electrons. The third kappa shape index (κ3) is 3.72. The summed E-state index contributed by atoms with van der Waals surface area (Å²) in [5.74, 6) is -0.267. The minimum absolute atomic E-state index is 0.267. The Morgan fingerprint density at radius 2 is 2.24 bits per heavy atom. The summed E-state index contributed by atoms with van der Waals surface area (Å²) in [6.07, 6.45) is 0. The summed E-state index contributed by atoms with van der Waals surface area (Å²) in [6, 6.07) is 8.61. The smallest absolute Gasteiger partial charge is 0.125 e. The van der Waals surface area contributed by atoms with Crippen molar-refractivity contribution in [2.24, 2.45) is 0 Å². The zero-order valence-electron chi connectivity index (χ0n) is 10.5. The molecule has 4 heteroatoms. The van der Waals surface area contributed by atoms with Gasteiger partial charge < -0.3 is 4.90 Å². The maximum Gasteiger partial charge on any atom is 0.125 e. The molecule has 0 fully saturated rings. The molecule has 0 aliphatic carbocycles. The van der Waals surface area contributed by atoms with Gasteiger partial charge in [0.1, 0.15) is 11.4 Å². The number of likely N-dealkylation sites (N-methyl/N-ethyl adjacent to an activating group) is 2. The van der Waals surface area contributed by atoms with E-state index in [1.165, 1.54) is 12.1 Å². The second kappa shape index (κ2) is 5.65. The van der Waals surface area contributed by atoms with Crippen molar-refractivity contribution in [2.75, 3.05) is 25.0 Å². The van der Waals surface area contributed by atoms with Crippen molar-refractivity contribution in [1.82, 2.24) is 5.32 Å². The molecule has 0 aromatic heterocycles. The highest BCUT2D eigenvalue weighted by atomic mass is 19.1. The molecule has 0 amide bonds. The fourth-order valence-corrected chi connectivity index (χ4v) is 1.80. The first-order valence-electron chi connectivity index (χ1n) is 5.64. The SMILES string of the molecule is CCNC(C)(C#N)CN(C)c1cccc(F)c1. The van der Waals surface area contributed by atoms with E-state index in [1.807, 2.05) is 31.9 Å². The molecule has 1 aromatic carbocycles. The Morgan fingerprint density at radius 3 is 2.76 bits per heavy atom. The van der Waals surface area contributed by atoms with Crippen LogP contribution in [0.3, 0.4) is 0 Å². The lowest BCUT2D eigenvalue weighted by Crippen LogP contribution is -2.49. The Bertz CT molecular complexity index is 413. The second-order valence-electron chi connectivity index (χ2n) is 4.31. The lowest BCUT2D eigenvalue weighted by molar-refractivity contribution is 0.462. The van der Waals surface area contributed by atoms with Gasteiger partial charge in [0, 0.05) is 19.3 Å².